The fraction of sp³-hybridized carbons (Fsp3) is 0.250. The molecule has 1 amide bonds. The van der Waals surface area contributed by atoms with Gasteiger partial charge in [0.25, 0.3) is 5.91 Å². The standard InChI is InChI=1S/C24H23N7O/c1-30-13-19(11-28-30)15-2-3-17-10-27-22(7-18(17)6-15)29-24(32)16-4-5-25-23(8-16)31-14-20-9-21(31)12-26-20/h2-8,10-11,13,20-21,26H,9,12,14H2,1H3,(H,27,29,32). The molecule has 2 aliphatic heterocycles. The first kappa shape index (κ1) is 18.9. The van der Waals surface area contributed by atoms with Gasteiger partial charge in [0, 0.05) is 67.3 Å². The average Bonchev–Trinajstić information content (AvgIpc) is 3.56. The molecule has 0 aliphatic carbocycles. The fourth-order valence-corrected chi connectivity index (χ4v) is 4.71. The lowest BCUT2D eigenvalue weighted by Gasteiger charge is -2.28. The quantitative estimate of drug-likeness (QED) is 0.523. The number of nitrogens with zero attached hydrogens (tertiary/aromatic N) is 5. The molecule has 4 aromatic rings. The number of hydrogen-bond donors (Lipinski definition) is 2. The van der Waals surface area contributed by atoms with Crippen LogP contribution in [0.5, 0.6) is 0 Å². The number of rotatable bonds is 4. The molecule has 2 N–H and O–H groups in total. The van der Waals surface area contributed by atoms with E-state index >= 15 is 0 Å². The van der Waals surface area contributed by atoms with Crippen molar-refractivity contribution in [1.82, 2.24) is 25.1 Å². The molecule has 0 spiro atoms. The molecule has 2 bridgehead atoms. The molecule has 8 heteroatoms. The Kier molecular flexibility index (Phi) is 4.39. The second kappa shape index (κ2) is 7.42. The van der Waals surface area contributed by atoms with Gasteiger partial charge in [-0.15, -0.1) is 0 Å². The van der Waals surface area contributed by atoms with E-state index in [9.17, 15) is 4.79 Å². The van der Waals surface area contributed by atoms with Crippen molar-refractivity contribution in [3.05, 3.63) is 66.7 Å². The minimum atomic E-state index is -0.189. The normalized spacial score (nSPS) is 19.6. The molecule has 160 valence electrons. The summed E-state index contributed by atoms with van der Waals surface area (Å²) in [6.45, 7) is 1.92. The zero-order chi connectivity index (χ0) is 21.7. The highest BCUT2D eigenvalue weighted by Crippen LogP contribution is 2.29. The highest BCUT2D eigenvalue weighted by atomic mass is 16.1. The number of pyridine rings is 2. The Balaban J connectivity index is 1.24. The van der Waals surface area contributed by atoms with Crippen molar-refractivity contribution in [2.45, 2.75) is 18.5 Å². The van der Waals surface area contributed by atoms with Gasteiger partial charge in [-0.25, -0.2) is 9.97 Å². The van der Waals surface area contributed by atoms with Gasteiger partial charge in [-0.2, -0.15) is 5.10 Å². The second-order valence-electron chi connectivity index (χ2n) is 8.54. The van der Waals surface area contributed by atoms with Crippen LogP contribution in [-0.4, -0.2) is 50.8 Å². The van der Waals surface area contributed by atoms with Gasteiger partial charge in [-0.05, 0) is 41.6 Å². The third kappa shape index (κ3) is 3.38. The van der Waals surface area contributed by atoms with Crippen molar-refractivity contribution >= 4 is 28.3 Å². The predicted octanol–water partition coefficient (Wildman–Crippen LogP) is 2.83. The SMILES string of the molecule is Cn1cc(-c2ccc3cnc(NC(=O)c4ccnc(N5CC6CC5CN6)c4)cc3c2)cn1. The van der Waals surface area contributed by atoms with Crippen molar-refractivity contribution in [3.8, 4) is 11.1 Å². The maximum Gasteiger partial charge on any atom is 0.257 e. The Morgan fingerprint density at radius 3 is 2.81 bits per heavy atom. The lowest BCUT2D eigenvalue weighted by Crippen LogP contribution is -2.44. The highest BCUT2D eigenvalue weighted by Gasteiger charge is 2.38. The smallest absolute Gasteiger partial charge is 0.257 e. The maximum absolute atomic E-state index is 12.9. The highest BCUT2D eigenvalue weighted by molar-refractivity contribution is 6.05. The third-order valence-electron chi connectivity index (χ3n) is 6.36. The van der Waals surface area contributed by atoms with E-state index in [2.05, 4.69) is 42.7 Å². The summed E-state index contributed by atoms with van der Waals surface area (Å²) in [6, 6.07) is 12.7. The van der Waals surface area contributed by atoms with Crippen LogP contribution in [0.4, 0.5) is 11.6 Å². The first-order valence-corrected chi connectivity index (χ1v) is 10.8. The Morgan fingerprint density at radius 2 is 2.03 bits per heavy atom. The zero-order valence-electron chi connectivity index (χ0n) is 17.7. The van der Waals surface area contributed by atoms with Crippen LogP contribution < -0.4 is 15.5 Å². The Bertz CT molecular complexity index is 1330. The molecular weight excluding hydrogens is 402 g/mol. The monoisotopic (exact) mass is 425 g/mol. The number of aromatic nitrogens is 4. The molecule has 2 atom stereocenters. The van der Waals surface area contributed by atoms with Crippen molar-refractivity contribution in [3.63, 3.8) is 0 Å². The van der Waals surface area contributed by atoms with E-state index in [1.807, 2.05) is 37.6 Å². The van der Waals surface area contributed by atoms with Gasteiger partial charge >= 0.3 is 0 Å². The summed E-state index contributed by atoms with van der Waals surface area (Å²) in [4.78, 5) is 24.2. The molecule has 2 unspecified atom stereocenters. The van der Waals surface area contributed by atoms with Gasteiger partial charge in [0.15, 0.2) is 0 Å². The van der Waals surface area contributed by atoms with E-state index in [-0.39, 0.29) is 5.91 Å². The number of carbonyl (C=O) groups excluding carboxylic acids is 1. The van der Waals surface area contributed by atoms with E-state index in [1.54, 1.807) is 23.1 Å². The van der Waals surface area contributed by atoms with Crippen LogP contribution in [0.1, 0.15) is 16.8 Å². The van der Waals surface area contributed by atoms with Crippen LogP contribution in [0.2, 0.25) is 0 Å². The van der Waals surface area contributed by atoms with E-state index in [0.717, 1.165) is 47.2 Å². The van der Waals surface area contributed by atoms with E-state index in [0.29, 0.717) is 23.5 Å². The summed E-state index contributed by atoms with van der Waals surface area (Å²) in [6.07, 6.45) is 8.45. The van der Waals surface area contributed by atoms with Gasteiger partial charge in [0.1, 0.15) is 11.6 Å². The number of nitrogens with one attached hydrogen (secondary N) is 2. The van der Waals surface area contributed by atoms with Crippen molar-refractivity contribution in [2.75, 3.05) is 23.3 Å². The number of hydrogen-bond acceptors (Lipinski definition) is 6. The topological polar surface area (TPSA) is 88.0 Å². The van der Waals surface area contributed by atoms with Crippen molar-refractivity contribution < 1.29 is 4.79 Å². The Morgan fingerprint density at radius 1 is 1.09 bits per heavy atom. The van der Waals surface area contributed by atoms with Gasteiger partial charge in [-0.1, -0.05) is 12.1 Å². The lowest BCUT2D eigenvalue weighted by molar-refractivity contribution is 0.102. The molecule has 0 radical (unpaired) electrons. The number of benzene rings is 1. The summed E-state index contributed by atoms with van der Waals surface area (Å²) in [5, 5.41) is 12.7. The molecule has 5 heterocycles. The van der Waals surface area contributed by atoms with Gasteiger partial charge < -0.3 is 15.5 Å². The van der Waals surface area contributed by atoms with Gasteiger partial charge in [0.05, 0.1) is 6.20 Å². The Labute approximate surface area is 185 Å². The summed E-state index contributed by atoms with van der Waals surface area (Å²) >= 11 is 0. The number of piperazine rings is 1. The molecule has 0 saturated carbocycles. The van der Waals surface area contributed by atoms with Crippen LogP contribution in [0.25, 0.3) is 21.9 Å². The lowest BCUT2D eigenvalue weighted by atomic mass is 10.1. The summed E-state index contributed by atoms with van der Waals surface area (Å²) in [7, 11) is 1.90. The summed E-state index contributed by atoms with van der Waals surface area (Å²) < 4.78 is 1.78. The van der Waals surface area contributed by atoms with E-state index in [1.165, 1.54) is 0 Å². The maximum atomic E-state index is 12.9. The van der Waals surface area contributed by atoms with Gasteiger partial charge in [0.2, 0.25) is 0 Å². The first-order chi connectivity index (χ1) is 15.6. The van der Waals surface area contributed by atoms with Crippen molar-refractivity contribution in [1.29, 1.82) is 0 Å². The fourth-order valence-electron chi connectivity index (χ4n) is 4.71. The number of amides is 1. The molecule has 3 aromatic heterocycles. The summed E-state index contributed by atoms with van der Waals surface area (Å²) in [5.41, 5.74) is 2.70. The molecule has 2 fully saturated rings. The minimum absolute atomic E-state index is 0.189. The molecular formula is C24H23N7O. The number of carbonyl (C=O) groups is 1. The molecule has 2 saturated heterocycles. The van der Waals surface area contributed by atoms with Gasteiger partial charge in [-0.3, -0.25) is 9.48 Å². The first-order valence-electron chi connectivity index (χ1n) is 10.8. The number of anilines is 2. The van der Waals surface area contributed by atoms with E-state index < -0.39 is 0 Å². The molecule has 2 aliphatic rings. The summed E-state index contributed by atoms with van der Waals surface area (Å²) in [5.74, 6) is 1.19. The third-order valence-corrected chi connectivity index (χ3v) is 6.36. The largest absolute Gasteiger partial charge is 0.351 e. The van der Waals surface area contributed by atoms with Crippen molar-refractivity contribution in [2.24, 2.45) is 7.05 Å². The van der Waals surface area contributed by atoms with Crippen LogP contribution in [-0.2, 0) is 7.05 Å². The predicted molar refractivity (Wildman–Crippen MR) is 124 cm³/mol. The number of fused-ring (bicyclic) bond motifs is 3. The second-order valence-corrected chi connectivity index (χ2v) is 8.54. The Hall–Kier alpha value is -3.78. The zero-order valence-corrected chi connectivity index (χ0v) is 17.7. The van der Waals surface area contributed by atoms with Crippen LogP contribution in [0.3, 0.4) is 0 Å². The van der Waals surface area contributed by atoms with Crippen LogP contribution >= 0.6 is 0 Å². The molecule has 32 heavy (non-hydrogen) atoms. The molecule has 1 aromatic carbocycles. The average molecular weight is 425 g/mol. The number of aryl methyl sites for hydroxylation is 1. The molecule has 6 rings (SSSR count). The van der Waals surface area contributed by atoms with E-state index in [4.69, 9.17) is 0 Å². The van der Waals surface area contributed by atoms with Crippen LogP contribution in [0.15, 0.2) is 61.2 Å². The minimum Gasteiger partial charge on any atom is -0.351 e. The van der Waals surface area contributed by atoms with Crippen LogP contribution in [0, 0.1) is 0 Å². The molecule has 8 nitrogen and oxygen atoms in total.